The highest BCUT2D eigenvalue weighted by Crippen LogP contribution is 2.39. The number of carbonyl (C=O) groups is 2. The van der Waals surface area contributed by atoms with E-state index in [4.69, 9.17) is 10.5 Å². The number of piperidine rings is 1. The van der Waals surface area contributed by atoms with Crippen molar-refractivity contribution >= 4 is 11.8 Å². The van der Waals surface area contributed by atoms with Gasteiger partial charge in [-0.1, -0.05) is 12.1 Å². The number of rotatable bonds is 4. The summed E-state index contributed by atoms with van der Waals surface area (Å²) in [4.78, 5) is 29.2. The van der Waals surface area contributed by atoms with Gasteiger partial charge in [-0.15, -0.1) is 0 Å². The monoisotopic (exact) mass is 359 g/mol. The summed E-state index contributed by atoms with van der Waals surface area (Å²) in [6.07, 6.45) is 2.31. The minimum absolute atomic E-state index is 0.0184. The van der Waals surface area contributed by atoms with Crippen LogP contribution in [0.25, 0.3) is 0 Å². The van der Waals surface area contributed by atoms with Gasteiger partial charge in [-0.25, -0.2) is 0 Å². The third kappa shape index (κ3) is 3.56. The van der Waals surface area contributed by atoms with Crippen LogP contribution in [0.1, 0.15) is 37.8 Å². The first-order chi connectivity index (χ1) is 12.4. The van der Waals surface area contributed by atoms with Crippen molar-refractivity contribution in [1.29, 1.82) is 0 Å². The van der Waals surface area contributed by atoms with Crippen molar-refractivity contribution in [2.75, 3.05) is 27.2 Å². The Morgan fingerprint density at radius 1 is 1.31 bits per heavy atom. The van der Waals surface area contributed by atoms with Gasteiger partial charge in [0.1, 0.15) is 5.75 Å². The van der Waals surface area contributed by atoms with Crippen LogP contribution in [0, 0.1) is 11.8 Å². The van der Waals surface area contributed by atoms with Gasteiger partial charge in [-0.2, -0.15) is 0 Å². The lowest BCUT2D eigenvalue weighted by Gasteiger charge is -2.37. The number of methoxy groups -OCH3 is 1. The van der Waals surface area contributed by atoms with E-state index in [9.17, 15) is 9.59 Å². The molecule has 1 aromatic carbocycles. The fraction of sp³-hybridized carbons (Fsp3) is 0.600. The number of ether oxygens (including phenoxy) is 1. The zero-order valence-corrected chi connectivity index (χ0v) is 15.9. The molecule has 0 aliphatic carbocycles. The molecule has 2 fully saturated rings. The maximum atomic E-state index is 13.2. The average Bonchev–Trinajstić information content (AvgIpc) is 2.96. The third-order valence-corrected chi connectivity index (χ3v) is 5.87. The van der Waals surface area contributed by atoms with Crippen LogP contribution in [-0.2, 0) is 9.59 Å². The van der Waals surface area contributed by atoms with Crippen molar-refractivity contribution in [3.8, 4) is 5.75 Å². The van der Waals surface area contributed by atoms with Gasteiger partial charge in [0.25, 0.3) is 0 Å². The number of likely N-dealkylation sites (tertiary alicyclic amines) is 2. The van der Waals surface area contributed by atoms with E-state index < -0.39 is 0 Å². The van der Waals surface area contributed by atoms with Crippen molar-refractivity contribution in [2.24, 2.45) is 17.6 Å². The van der Waals surface area contributed by atoms with E-state index in [1.165, 1.54) is 0 Å². The van der Waals surface area contributed by atoms with Gasteiger partial charge in [0, 0.05) is 32.6 Å². The van der Waals surface area contributed by atoms with Crippen molar-refractivity contribution < 1.29 is 14.3 Å². The number of amides is 2. The van der Waals surface area contributed by atoms with Crippen LogP contribution in [0.4, 0.5) is 0 Å². The fourth-order valence-corrected chi connectivity index (χ4v) is 4.22. The van der Waals surface area contributed by atoms with Gasteiger partial charge >= 0.3 is 0 Å². The smallest absolute Gasteiger partial charge is 0.228 e. The zero-order chi connectivity index (χ0) is 18.8. The first kappa shape index (κ1) is 18.7. The first-order valence-electron chi connectivity index (χ1n) is 9.36. The summed E-state index contributed by atoms with van der Waals surface area (Å²) in [7, 11) is 3.41. The van der Waals surface area contributed by atoms with Crippen LogP contribution < -0.4 is 10.5 Å². The maximum absolute atomic E-state index is 13.2. The van der Waals surface area contributed by atoms with Crippen LogP contribution in [0.3, 0.4) is 0 Å². The summed E-state index contributed by atoms with van der Waals surface area (Å²) < 4.78 is 5.22. The predicted molar refractivity (Wildman–Crippen MR) is 99.6 cm³/mol. The van der Waals surface area contributed by atoms with Gasteiger partial charge in [0.2, 0.25) is 11.8 Å². The fourth-order valence-electron chi connectivity index (χ4n) is 4.22. The second kappa shape index (κ2) is 7.66. The molecule has 4 atom stereocenters. The number of nitrogens with two attached hydrogens (primary N) is 1. The standard InChI is InChI=1S/C20H29N3O3/c1-13(21)15-5-4-10-23(12-15)20(25)17-11-18(24)22(2)19(17)14-6-8-16(26-3)9-7-14/h6-9,13,15,17,19H,4-5,10-12,21H2,1-3H3/t13-,15-,17+,19+/m0/s1. The lowest BCUT2D eigenvalue weighted by molar-refractivity contribution is -0.138. The molecule has 2 heterocycles. The van der Waals surface area contributed by atoms with Gasteiger partial charge in [-0.3, -0.25) is 9.59 Å². The summed E-state index contributed by atoms with van der Waals surface area (Å²) in [5.41, 5.74) is 7.03. The maximum Gasteiger partial charge on any atom is 0.228 e. The Hall–Kier alpha value is -2.08. The Kier molecular flexibility index (Phi) is 5.51. The van der Waals surface area contributed by atoms with Gasteiger partial charge in [0.05, 0.1) is 19.1 Å². The van der Waals surface area contributed by atoms with E-state index >= 15 is 0 Å². The lowest BCUT2D eigenvalue weighted by atomic mass is 9.88. The highest BCUT2D eigenvalue weighted by atomic mass is 16.5. The van der Waals surface area contributed by atoms with Gasteiger partial charge in [-0.05, 0) is 43.4 Å². The molecule has 6 nitrogen and oxygen atoms in total. The molecule has 1 aromatic rings. The Morgan fingerprint density at radius 3 is 2.62 bits per heavy atom. The van der Waals surface area contributed by atoms with Crippen LogP contribution in [-0.4, -0.2) is 54.9 Å². The summed E-state index contributed by atoms with van der Waals surface area (Å²) in [6, 6.07) is 7.49. The van der Waals surface area contributed by atoms with Crippen LogP contribution in [0.15, 0.2) is 24.3 Å². The molecule has 0 aromatic heterocycles. The first-order valence-corrected chi connectivity index (χ1v) is 9.36. The van der Waals surface area contributed by atoms with Crippen molar-refractivity contribution in [3.05, 3.63) is 29.8 Å². The molecule has 2 N–H and O–H groups in total. The number of hydrogen-bond donors (Lipinski definition) is 1. The zero-order valence-electron chi connectivity index (χ0n) is 15.9. The lowest BCUT2D eigenvalue weighted by Crippen LogP contribution is -2.47. The van der Waals surface area contributed by atoms with E-state index in [2.05, 4.69) is 0 Å². The minimum atomic E-state index is -0.340. The Balaban J connectivity index is 1.81. The molecule has 0 radical (unpaired) electrons. The summed E-state index contributed by atoms with van der Waals surface area (Å²) in [5.74, 6) is 0.855. The largest absolute Gasteiger partial charge is 0.497 e. The predicted octanol–water partition coefficient (Wildman–Crippen LogP) is 1.80. The molecular weight excluding hydrogens is 330 g/mol. The quantitative estimate of drug-likeness (QED) is 0.889. The minimum Gasteiger partial charge on any atom is -0.497 e. The van der Waals surface area contributed by atoms with Crippen LogP contribution in [0.2, 0.25) is 0 Å². The summed E-state index contributed by atoms with van der Waals surface area (Å²) >= 11 is 0. The number of benzene rings is 1. The second-order valence-corrected chi connectivity index (χ2v) is 7.58. The molecule has 6 heteroatoms. The van der Waals surface area contributed by atoms with Crippen molar-refractivity contribution in [2.45, 2.75) is 38.3 Å². The van der Waals surface area contributed by atoms with E-state index in [1.807, 2.05) is 36.1 Å². The molecule has 2 saturated heterocycles. The average molecular weight is 359 g/mol. The van der Waals surface area contributed by atoms with E-state index in [1.54, 1.807) is 19.1 Å². The van der Waals surface area contributed by atoms with Crippen molar-refractivity contribution in [3.63, 3.8) is 0 Å². The van der Waals surface area contributed by atoms with E-state index in [0.717, 1.165) is 30.7 Å². The molecule has 3 rings (SSSR count). The third-order valence-electron chi connectivity index (χ3n) is 5.87. The Labute approximate surface area is 155 Å². The van der Waals surface area contributed by atoms with E-state index in [0.29, 0.717) is 12.5 Å². The molecule has 2 aliphatic rings. The molecule has 0 saturated carbocycles. The van der Waals surface area contributed by atoms with E-state index in [-0.39, 0.29) is 36.2 Å². The Bertz CT molecular complexity index is 659. The topological polar surface area (TPSA) is 75.9 Å². The molecule has 0 bridgehead atoms. The molecule has 2 amide bonds. The molecule has 2 aliphatic heterocycles. The highest BCUT2D eigenvalue weighted by molar-refractivity contribution is 5.90. The molecular formula is C20H29N3O3. The number of hydrogen-bond acceptors (Lipinski definition) is 4. The molecule has 26 heavy (non-hydrogen) atoms. The number of nitrogens with zero attached hydrogens (tertiary/aromatic N) is 2. The van der Waals surface area contributed by atoms with Crippen LogP contribution >= 0.6 is 0 Å². The highest BCUT2D eigenvalue weighted by Gasteiger charge is 2.44. The SMILES string of the molecule is COc1ccc([C@@H]2[C@H](C(=O)N3CCC[C@H]([C@H](C)N)C3)CC(=O)N2C)cc1. The van der Waals surface area contributed by atoms with Gasteiger partial charge < -0.3 is 20.3 Å². The van der Waals surface area contributed by atoms with Gasteiger partial charge in [0.15, 0.2) is 0 Å². The van der Waals surface area contributed by atoms with Crippen molar-refractivity contribution in [1.82, 2.24) is 9.80 Å². The molecule has 0 unspecified atom stereocenters. The second-order valence-electron chi connectivity index (χ2n) is 7.58. The summed E-state index contributed by atoms with van der Waals surface area (Å²) in [6.45, 7) is 3.46. The normalized spacial score (nSPS) is 27.5. The van der Waals surface area contributed by atoms with Crippen LogP contribution in [0.5, 0.6) is 5.75 Å². The molecule has 142 valence electrons. The molecule has 0 spiro atoms. The Morgan fingerprint density at radius 2 is 2.00 bits per heavy atom. The summed E-state index contributed by atoms with van der Waals surface area (Å²) in [5, 5.41) is 0. The number of carbonyl (C=O) groups excluding carboxylic acids is 2.